The van der Waals surface area contributed by atoms with Gasteiger partial charge in [0.05, 0.1) is 11.5 Å². The molecule has 0 amide bonds. The third-order valence-corrected chi connectivity index (χ3v) is 3.87. The number of allylic oxidation sites excluding steroid dienone is 4. The highest BCUT2D eigenvalue weighted by Crippen LogP contribution is 2.33. The van der Waals surface area contributed by atoms with Gasteiger partial charge in [0.15, 0.2) is 11.6 Å². The average Bonchev–Trinajstić information content (AvgIpc) is 2.25. The Balaban J connectivity index is 2.26. The number of aliphatic hydroxyl groups is 2. The number of ketones is 2. The number of carbonyl (C=O) groups excluding carboxylic acids is 2. The molecule has 0 aromatic carbocycles. The lowest BCUT2D eigenvalue weighted by atomic mass is 9.81. The van der Waals surface area contributed by atoms with Crippen molar-refractivity contribution in [1.82, 2.24) is 0 Å². The quantitative estimate of drug-likeness (QED) is 0.804. The van der Waals surface area contributed by atoms with Gasteiger partial charge in [-0.15, -0.1) is 0 Å². The van der Waals surface area contributed by atoms with Gasteiger partial charge in [-0.1, -0.05) is 13.8 Å². The van der Waals surface area contributed by atoms with Gasteiger partial charge in [0.2, 0.25) is 0 Å². The lowest BCUT2D eigenvalue weighted by Gasteiger charge is -2.24. The summed E-state index contributed by atoms with van der Waals surface area (Å²) in [5, 5.41) is 19.8. The minimum Gasteiger partial charge on any atom is -0.512 e. The lowest BCUT2D eigenvalue weighted by molar-refractivity contribution is -0.117. The Hall–Kier alpha value is -1.58. The molecule has 0 spiro atoms. The predicted octanol–water partition coefficient (Wildman–Crippen LogP) is 3.00. The maximum absolute atomic E-state index is 11.9. The molecule has 0 radical (unpaired) electrons. The fourth-order valence-corrected chi connectivity index (χ4v) is 2.83. The summed E-state index contributed by atoms with van der Waals surface area (Å²) in [5.41, 5.74) is 0.616. The van der Waals surface area contributed by atoms with E-state index in [4.69, 9.17) is 0 Å². The summed E-state index contributed by atoms with van der Waals surface area (Å²) in [4.78, 5) is 23.9. The Morgan fingerprint density at radius 3 is 1.53 bits per heavy atom. The molecule has 2 aliphatic rings. The monoisotopic (exact) mass is 264 g/mol. The molecule has 4 nitrogen and oxygen atoms in total. The number of carbonyl (C=O) groups is 2. The first-order valence-electron chi connectivity index (χ1n) is 6.76. The third-order valence-electron chi connectivity index (χ3n) is 3.87. The van der Waals surface area contributed by atoms with E-state index in [2.05, 4.69) is 0 Å². The Morgan fingerprint density at radius 2 is 1.21 bits per heavy atom. The summed E-state index contributed by atoms with van der Waals surface area (Å²) in [6.07, 6.45) is 1.82. The van der Waals surface area contributed by atoms with Crippen molar-refractivity contribution < 1.29 is 19.8 Å². The van der Waals surface area contributed by atoms with Gasteiger partial charge in [0.25, 0.3) is 0 Å². The molecule has 0 bridgehead atoms. The van der Waals surface area contributed by atoms with Gasteiger partial charge in [0, 0.05) is 43.3 Å². The zero-order valence-electron chi connectivity index (χ0n) is 11.4. The molecule has 4 heteroatoms. The van der Waals surface area contributed by atoms with Crippen LogP contribution in [0.25, 0.3) is 0 Å². The standard InChI is InChI=1S/C15H20O4/c1-8-3-12(16)10(13(17)4-8)7-11-14(18)5-9(2)6-15(11)19/h8-9,16,18H,3-7H2,1-2H3/t8-,9-/m0/s1. The zero-order valence-corrected chi connectivity index (χ0v) is 11.4. The average molecular weight is 264 g/mol. The first-order chi connectivity index (χ1) is 8.88. The fraction of sp³-hybridized carbons (Fsp3) is 0.600. The van der Waals surface area contributed by atoms with Crippen LogP contribution in [0.2, 0.25) is 0 Å². The summed E-state index contributed by atoms with van der Waals surface area (Å²) in [6.45, 7) is 3.82. The van der Waals surface area contributed by atoms with Crippen molar-refractivity contribution in [3.63, 3.8) is 0 Å². The van der Waals surface area contributed by atoms with Crippen LogP contribution in [0.15, 0.2) is 22.7 Å². The van der Waals surface area contributed by atoms with Gasteiger partial charge in [-0.3, -0.25) is 9.59 Å². The lowest BCUT2D eigenvalue weighted by Crippen LogP contribution is -2.22. The van der Waals surface area contributed by atoms with Gasteiger partial charge >= 0.3 is 0 Å². The SMILES string of the molecule is C[C@@H]1CC(=O)C(CC2=C(O)C[C@H](C)CC2=O)=C(O)C1. The van der Waals surface area contributed by atoms with Gasteiger partial charge in [0.1, 0.15) is 0 Å². The fourth-order valence-electron chi connectivity index (χ4n) is 2.83. The highest BCUT2D eigenvalue weighted by Gasteiger charge is 2.30. The summed E-state index contributed by atoms with van der Waals surface area (Å²) in [6, 6.07) is 0. The van der Waals surface area contributed by atoms with Crippen LogP contribution in [0.3, 0.4) is 0 Å². The number of rotatable bonds is 2. The minimum atomic E-state index is -0.108. The molecule has 0 aromatic heterocycles. The van der Waals surface area contributed by atoms with E-state index in [-0.39, 0.29) is 41.3 Å². The van der Waals surface area contributed by atoms with Gasteiger partial charge < -0.3 is 10.2 Å². The van der Waals surface area contributed by atoms with E-state index in [0.717, 1.165) is 0 Å². The van der Waals surface area contributed by atoms with Crippen molar-refractivity contribution in [2.45, 2.75) is 46.0 Å². The molecule has 0 saturated heterocycles. The molecule has 0 saturated carbocycles. The molecule has 0 aromatic rings. The largest absolute Gasteiger partial charge is 0.512 e. The molecule has 104 valence electrons. The van der Waals surface area contributed by atoms with Crippen molar-refractivity contribution >= 4 is 11.6 Å². The van der Waals surface area contributed by atoms with Crippen LogP contribution in [0.1, 0.15) is 46.0 Å². The van der Waals surface area contributed by atoms with Crippen LogP contribution in [-0.2, 0) is 9.59 Å². The molecular weight excluding hydrogens is 244 g/mol. The number of Topliss-reactive ketones (excluding diaryl/α,β-unsaturated/α-hetero) is 2. The Morgan fingerprint density at radius 1 is 0.842 bits per heavy atom. The van der Waals surface area contributed by atoms with Gasteiger partial charge in [-0.2, -0.15) is 0 Å². The normalized spacial score (nSPS) is 29.2. The topological polar surface area (TPSA) is 74.6 Å². The van der Waals surface area contributed by atoms with E-state index in [1.165, 1.54) is 0 Å². The van der Waals surface area contributed by atoms with E-state index in [9.17, 15) is 19.8 Å². The van der Waals surface area contributed by atoms with Crippen LogP contribution in [0.5, 0.6) is 0 Å². The molecule has 2 aliphatic carbocycles. The second kappa shape index (κ2) is 5.19. The summed E-state index contributed by atoms with van der Waals surface area (Å²) < 4.78 is 0. The molecule has 2 N–H and O–H groups in total. The predicted molar refractivity (Wildman–Crippen MR) is 70.7 cm³/mol. The van der Waals surface area contributed by atoms with Crippen molar-refractivity contribution in [2.75, 3.05) is 0 Å². The Labute approximate surface area is 112 Å². The first-order valence-corrected chi connectivity index (χ1v) is 6.76. The summed E-state index contributed by atoms with van der Waals surface area (Å²) >= 11 is 0. The smallest absolute Gasteiger partial charge is 0.162 e. The molecule has 2 atom stereocenters. The van der Waals surface area contributed by atoms with Gasteiger partial charge in [-0.05, 0) is 11.8 Å². The first kappa shape index (κ1) is 13.8. The van der Waals surface area contributed by atoms with E-state index >= 15 is 0 Å². The molecule has 0 heterocycles. The van der Waals surface area contributed by atoms with Crippen molar-refractivity contribution in [1.29, 1.82) is 0 Å². The maximum atomic E-state index is 11.9. The van der Waals surface area contributed by atoms with Crippen molar-refractivity contribution in [2.24, 2.45) is 11.8 Å². The van der Waals surface area contributed by atoms with Crippen molar-refractivity contribution in [3.8, 4) is 0 Å². The molecule has 19 heavy (non-hydrogen) atoms. The van der Waals surface area contributed by atoms with Crippen LogP contribution in [0, 0.1) is 11.8 Å². The van der Waals surface area contributed by atoms with E-state index in [0.29, 0.717) is 36.8 Å². The van der Waals surface area contributed by atoms with Crippen LogP contribution in [-0.4, -0.2) is 21.8 Å². The van der Waals surface area contributed by atoms with E-state index in [1.807, 2.05) is 13.8 Å². The second-order valence-electron chi connectivity index (χ2n) is 5.90. The van der Waals surface area contributed by atoms with E-state index < -0.39 is 0 Å². The molecule has 0 fully saturated rings. The second-order valence-corrected chi connectivity index (χ2v) is 5.90. The zero-order chi connectivity index (χ0) is 14.2. The molecule has 0 unspecified atom stereocenters. The maximum Gasteiger partial charge on any atom is 0.162 e. The third kappa shape index (κ3) is 2.88. The number of hydrogen-bond acceptors (Lipinski definition) is 4. The molecule has 2 rings (SSSR count). The van der Waals surface area contributed by atoms with Crippen molar-refractivity contribution in [3.05, 3.63) is 22.7 Å². The number of aliphatic hydroxyl groups excluding tert-OH is 2. The van der Waals surface area contributed by atoms with Crippen LogP contribution >= 0.6 is 0 Å². The number of hydrogen-bond donors (Lipinski definition) is 2. The highest BCUT2D eigenvalue weighted by molar-refractivity contribution is 6.02. The molecule has 0 aliphatic heterocycles. The highest BCUT2D eigenvalue weighted by atomic mass is 16.3. The van der Waals surface area contributed by atoms with Gasteiger partial charge in [-0.25, -0.2) is 0 Å². The summed E-state index contributed by atoms with van der Waals surface area (Å²) in [5.74, 6) is 0.221. The van der Waals surface area contributed by atoms with Crippen LogP contribution < -0.4 is 0 Å². The van der Waals surface area contributed by atoms with E-state index in [1.54, 1.807) is 0 Å². The Kier molecular flexibility index (Phi) is 3.78. The van der Waals surface area contributed by atoms with Crippen LogP contribution in [0.4, 0.5) is 0 Å². The summed E-state index contributed by atoms with van der Waals surface area (Å²) in [7, 11) is 0. The minimum absolute atomic E-state index is 0.0781. The Bertz CT molecular complexity index is 440. The molecular formula is C15H20O4.